The average molecular weight is 450 g/mol. The number of nitrogens with one attached hydrogen (secondary N) is 2. The van der Waals surface area contributed by atoms with E-state index in [9.17, 15) is 9.18 Å². The van der Waals surface area contributed by atoms with E-state index in [0.717, 1.165) is 11.4 Å². The summed E-state index contributed by atoms with van der Waals surface area (Å²) < 4.78 is 19.5. The van der Waals surface area contributed by atoms with Crippen LogP contribution in [0.15, 0.2) is 104 Å². The van der Waals surface area contributed by atoms with Crippen LogP contribution in [0.1, 0.15) is 10.4 Å². The van der Waals surface area contributed by atoms with Crippen molar-refractivity contribution in [3.8, 4) is 11.5 Å². The molecule has 5 rings (SSSR count). The number of hydrogen-bond acceptors (Lipinski definition) is 5. The van der Waals surface area contributed by atoms with Crippen molar-refractivity contribution in [2.75, 3.05) is 10.6 Å². The second kappa shape index (κ2) is 9.38. The van der Waals surface area contributed by atoms with Crippen molar-refractivity contribution >= 4 is 33.9 Å². The molecule has 2 aromatic heterocycles. The van der Waals surface area contributed by atoms with Gasteiger partial charge in [-0.2, -0.15) is 0 Å². The van der Waals surface area contributed by atoms with Crippen molar-refractivity contribution in [2.45, 2.75) is 0 Å². The van der Waals surface area contributed by atoms with Crippen LogP contribution in [0, 0.1) is 5.82 Å². The number of hydrogen-bond donors (Lipinski definition) is 2. The summed E-state index contributed by atoms with van der Waals surface area (Å²) in [5.41, 5.74) is 3.30. The number of pyridine rings is 2. The molecule has 0 spiro atoms. The number of aromatic nitrogens is 2. The van der Waals surface area contributed by atoms with E-state index in [1.165, 1.54) is 12.1 Å². The second-order valence-electron chi connectivity index (χ2n) is 7.49. The van der Waals surface area contributed by atoms with E-state index in [4.69, 9.17) is 4.74 Å². The monoisotopic (exact) mass is 450 g/mol. The number of nitrogens with zero attached hydrogens (tertiary/aromatic N) is 2. The first kappa shape index (κ1) is 21.1. The SMILES string of the molecule is O=C(Nc1cccc(Oc2ccncc2)c1)c1ccc(Nc2ccnc3ccc(F)cc23)cc1. The number of amides is 1. The Morgan fingerprint density at radius 1 is 0.794 bits per heavy atom. The van der Waals surface area contributed by atoms with Gasteiger partial charge in [0.2, 0.25) is 0 Å². The summed E-state index contributed by atoms with van der Waals surface area (Å²) in [7, 11) is 0. The Labute approximate surface area is 195 Å². The lowest BCUT2D eigenvalue weighted by atomic mass is 10.1. The van der Waals surface area contributed by atoms with Crippen molar-refractivity contribution in [1.82, 2.24) is 9.97 Å². The summed E-state index contributed by atoms with van der Waals surface area (Å²) in [6, 6.07) is 24.0. The molecule has 2 N–H and O–H groups in total. The minimum absolute atomic E-state index is 0.246. The topological polar surface area (TPSA) is 76.1 Å². The third kappa shape index (κ3) is 4.83. The second-order valence-corrected chi connectivity index (χ2v) is 7.49. The minimum Gasteiger partial charge on any atom is -0.457 e. The van der Waals surface area contributed by atoms with Gasteiger partial charge in [0.25, 0.3) is 5.91 Å². The highest BCUT2D eigenvalue weighted by molar-refractivity contribution is 6.04. The Kier molecular flexibility index (Phi) is 5.82. The third-order valence-electron chi connectivity index (χ3n) is 5.11. The lowest BCUT2D eigenvalue weighted by Crippen LogP contribution is -2.11. The molecule has 34 heavy (non-hydrogen) atoms. The lowest BCUT2D eigenvalue weighted by Gasteiger charge is -2.11. The van der Waals surface area contributed by atoms with Crippen molar-refractivity contribution in [2.24, 2.45) is 0 Å². The minimum atomic E-state index is -0.328. The highest BCUT2D eigenvalue weighted by Crippen LogP contribution is 2.27. The van der Waals surface area contributed by atoms with Gasteiger partial charge in [0.1, 0.15) is 17.3 Å². The summed E-state index contributed by atoms with van der Waals surface area (Å²) in [5.74, 6) is 0.686. The van der Waals surface area contributed by atoms with E-state index in [1.54, 1.807) is 85.3 Å². The summed E-state index contributed by atoms with van der Waals surface area (Å²) in [4.78, 5) is 21.0. The largest absolute Gasteiger partial charge is 0.457 e. The highest BCUT2D eigenvalue weighted by atomic mass is 19.1. The maximum absolute atomic E-state index is 13.7. The molecule has 0 aliphatic heterocycles. The molecule has 0 aliphatic carbocycles. The summed E-state index contributed by atoms with van der Waals surface area (Å²) in [6.45, 7) is 0. The van der Waals surface area contributed by atoms with Gasteiger partial charge in [-0.05, 0) is 72.8 Å². The third-order valence-corrected chi connectivity index (χ3v) is 5.11. The maximum atomic E-state index is 13.7. The summed E-state index contributed by atoms with van der Waals surface area (Å²) in [6.07, 6.45) is 4.96. The molecular formula is C27H19FN4O2. The van der Waals surface area contributed by atoms with E-state index in [1.807, 2.05) is 6.07 Å². The molecule has 6 nitrogen and oxygen atoms in total. The number of carbonyl (C=O) groups is 1. The highest BCUT2D eigenvalue weighted by Gasteiger charge is 2.09. The van der Waals surface area contributed by atoms with Crippen molar-refractivity contribution in [3.05, 3.63) is 115 Å². The molecule has 0 saturated carbocycles. The molecule has 0 fully saturated rings. The van der Waals surface area contributed by atoms with E-state index in [0.29, 0.717) is 33.7 Å². The van der Waals surface area contributed by atoms with Crippen LogP contribution in [-0.4, -0.2) is 15.9 Å². The number of rotatable bonds is 6. The fourth-order valence-corrected chi connectivity index (χ4v) is 3.47. The van der Waals surface area contributed by atoms with Gasteiger partial charge in [-0.3, -0.25) is 14.8 Å². The van der Waals surface area contributed by atoms with E-state index in [-0.39, 0.29) is 11.7 Å². The first-order chi connectivity index (χ1) is 16.6. The van der Waals surface area contributed by atoms with Crippen LogP contribution in [0.4, 0.5) is 21.5 Å². The zero-order valence-corrected chi connectivity index (χ0v) is 17.9. The fraction of sp³-hybridized carbons (Fsp3) is 0. The van der Waals surface area contributed by atoms with E-state index in [2.05, 4.69) is 20.6 Å². The number of anilines is 3. The smallest absolute Gasteiger partial charge is 0.255 e. The van der Waals surface area contributed by atoms with Crippen LogP contribution in [-0.2, 0) is 0 Å². The predicted octanol–water partition coefficient (Wildman–Crippen LogP) is 6.56. The van der Waals surface area contributed by atoms with Gasteiger partial charge in [-0.25, -0.2) is 4.39 Å². The zero-order valence-electron chi connectivity index (χ0n) is 17.9. The summed E-state index contributed by atoms with van der Waals surface area (Å²) in [5, 5.41) is 6.82. The van der Waals surface area contributed by atoms with Gasteiger partial charge in [0.05, 0.1) is 5.52 Å². The van der Waals surface area contributed by atoms with Gasteiger partial charge in [0, 0.05) is 52.7 Å². The molecule has 5 aromatic rings. The number of ether oxygens (including phenoxy) is 1. The van der Waals surface area contributed by atoms with E-state index < -0.39 is 0 Å². The molecule has 0 radical (unpaired) electrons. The Balaban J connectivity index is 1.27. The Morgan fingerprint density at radius 3 is 2.44 bits per heavy atom. The number of fused-ring (bicyclic) bond motifs is 1. The Bertz CT molecular complexity index is 1460. The zero-order chi connectivity index (χ0) is 23.3. The van der Waals surface area contributed by atoms with Crippen LogP contribution in [0.2, 0.25) is 0 Å². The molecule has 0 atom stereocenters. The Hall–Kier alpha value is -4.78. The van der Waals surface area contributed by atoms with E-state index >= 15 is 0 Å². The number of halogens is 1. The molecule has 0 bridgehead atoms. The molecule has 0 saturated heterocycles. The van der Waals surface area contributed by atoms with Crippen LogP contribution in [0.25, 0.3) is 10.9 Å². The summed E-state index contributed by atoms with van der Waals surface area (Å²) >= 11 is 0. The standard InChI is InChI=1S/C27H19FN4O2/c28-19-6-9-25-24(16-19)26(12-15-30-25)31-20-7-4-18(5-8-20)27(33)32-21-2-1-3-23(17-21)34-22-10-13-29-14-11-22/h1-17H,(H,30,31)(H,32,33). The maximum Gasteiger partial charge on any atom is 0.255 e. The lowest BCUT2D eigenvalue weighted by molar-refractivity contribution is 0.102. The van der Waals surface area contributed by atoms with Crippen molar-refractivity contribution in [3.63, 3.8) is 0 Å². The molecule has 0 unspecified atom stereocenters. The molecule has 2 heterocycles. The predicted molar refractivity (Wildman–Crippen MR) is 130 cm³/mol. The normalized spacial score (nSPS) is 10.6. The molecule has 3 aromatic carbocycles. The van der Waals surface area contributed by atoms with Crippen LogP contribution >= 0.6 is 0 Å². The molecule has 1 amide bonds. The van der Waals surface area contributed by atoms with Gasteiger partial charge < -0.3 is 15.4 Å². The Morgan fingerprint density at radius 2 is 1.62 bits per heavy atom. The van der Waals surface area contributed by atoms with Crippen LogP contribution in [0.5, 0.6) is 11.5 Å². The molecular weight excluding hydrogens is 431 g/mol. The number of benzene rings is 3. The first-order valence-corrected chi connectivity index (χ1v) is 10.5. The average Bonchev–Trinajstić information content (AvgIpc) is 2.86. The van der Waals surface area contributed by atoms with Crippen LogP contribution in [0.3, 0.4) is 0 Å². The van der Waals surface area contributed by atoms with Crippen molar-refractivity contribution < 1.29 is 13.9 Å². The molecule has 0 aliphatic rings. The van der Waals surface area contributed by atoms with Crippen molar-refractivity contribution in [1.29, 1.82) is 0 Å². The van der Waals surface area contributed by atoms with Gasteiger partial charge >= 0.3 is 0 Å². The van der Waals surface area contributed by atoms with Crippen LogP contribution < -0.4 is 15.4 Å². The molecule has 7 heteroatoms. The molecule has 166 valence electrons. The fourth-order valence-electron chi connectivity index (χ4n) is 3.47. The number of carbonyl (C=O) groups excluding carboxylic acids is 1. The first-order valence-electron chi connectivity index (χ1n) is 10.5. The van der Waals surface area contributed by atoms with Gasteiger partial charge in [0.15, 0.2) is 0 Å². The van der Waals surface area contributed by atoms with Gasteiger partial charge in [-0.1, -0.05) is 6.07 Å². The quantitative estimate of drug-likeness (QED) is 0.306. The van der Waals surface area contributed by atoms with Gasteiger partial charge in [-0.15, -0.1) is 0 Å².